The molecule has 1 N–H and O–H groups in total. The standard InChI is InChI=1S/C22H18BrClFN5O2/c1-14-10-17(6-7-19(14)24)32-13-29-9-8-20(27-29)22(31)26-21-18(23)12-30(28-21)11-15-2-4-16(25)5-3-15/h2-10,12H,11,13H2,1H3,(H,26,28,31). The van der Waals surface area contributed by atoms with Gasteiger partial charge in [-0.15, -0.1) is 0 Å². The summed E-state index contributed by atoms with van der Waals surface area (Å²) in [4.78, 5) is 12.6. The number of nitrogens with zero attached hydrogens (tertiary/aromatic N) is 4. The highest BCUT2D eigenvalue weighted by atomic mass is 79.9. The average Bonchev–Trinajstić information content (AvgIpc) is 3.37. The van der Waals surface area contributed by atoms with E-state index in [0.29, 0.717) is 27.6 Å². The highest BCUT2D eigenvalue weighted by molar-refractivity contribution is 9.10. The Morgan fingerprint density at radius 3 is 2.69 bits per heavy atom. The van der Waals surface area contributed by atoms with Crippen molar-refractivity contribution in [2.24, 2.45) is 0 Å². The second-order valence-corrected chi connectivity index (χ2v) is 8.29. The Morgan fingerprint density at radius 2 is 1.94 bits per heavy atom. The minimum Gasteiger partial charge on any atom is -0.471 e. The van der Waals surface area contributed by atoms with Crippen LogP contribution in [0, 0.1) is 12.7 Å². The van der Waals surface area contributed by atoms with Crippen LogP contribution < -0.4 is 10.1 Å². The molecule has 0 aliphatic carbocycles. The number of hydrogen-bond acceptors (Lipinski definition) is 4. The Balaban J connectivity index is 1.37. The fourth-order valence-electron chi connectivity index (χ4n) is 2.91. The van der Waals surface area contributed by atoms with Gasteiger partial charge in [0, 0.05) is 17.4 Å². The van der Waals surface area contributed by atoms with Crippen LogP contribution in [0.15, 0.2) is 65.4 Å². The molecule has 1 amide bonds. The molecule has 0 unspecified atom stereocenters. The Hall–Kier alpha value is -3.17. The molecule has 2 heterocycles. The van der Waals surface area contributed by atoms with Gasteiger partial charge in [-0.3, -0.25) is 9.48 Å². The molecule has 164 valence electrons. The molecular weight excluding hydrogens is 501 g/mol. The number of ether oxygens (including phenoxy) is 1. The Kier molecular flexibility index (Phi) is 6.57. The molecule has 0 spiro atoms. The predicted molar refractivity (Wildman–Crippen MR) is 122 cm³/mol. The molecule has 0 saturated carbocycles. The van der Waals surface area contributed by atoms with Gasteiger partial charge in [0.25, 0.3) is 5.91 Å². The maximum absolute atomic E-state index is 13.1. The molecule has 0 saturated heterocycles. The van der Waals surface area contributed by atoms with Crippen molar-refractivity contribution in [3.05, 3.63) is 93.1 Å². The Morgan fingerprint density at radius 1 is 1.16 bits per heavy atom. The van der Waals surface area contributed by atoms with Crippen molar-refractivity contribution in [3.8, 4) is 5.75 Å². The number of nitrogens with one attached hydrogen (secondary N) is 1. The van der Waals surface area contributed by atoms with Crippen LogP contribution in [0.25, 0.3) is 0 Å². The molecule has 7 nitrogen and oxygen atoms in total. The zero-order chi connectivity index (χ0) is 22.7. The highest BCUT2D eigenvalue weighted by Gasteiger charge is 2.15. The predicted octanol–water partition coefficient (Wildman–Crippen LogP) is 5.28. The number of aryl methyl sites for hydroxylation is 1. The molecule has 2 aromatic carbocycles. The molecule has 10 heteroatoms. The Bertz CT molecular complexity index is 1260. The number of hydrogen-bond donors (Lipinski definition) is 1. The van der Waals surface area contributed by atoms with E-state index in [9.17, 15) is 9.18 Å². The number of rotatable bonds is 7. The van der Waals surface area contributed by atoms with Gasteiger partial charge >= 0.3 is 0 Å². The van der Waals surface area contributed by atoms with Crippen LogP contribution >= 0.6 is 27.5 Å². The fourth-order valence-corrected chi connectivity index (χ4v) is 3.45. The van der Waals surface area contributed by atoms with Crippen molar-refractivity contribution in [3.63, 3.8) is 0 Å². The van der Waals surface area contributed by atoms with E-state index < -0.39 is 5.91 Å². The number of carbonyl (C=O) groups is 1. The van der Waals surface area contributed by atoms with E-state index in [1.54, 1.807) is 47.4 Å². The molecular formula is C22H18BrClFN5O2. The normalized spacial score (nSPS) is 10.9. The lowest BCUT2D eigenvalue weighted by molar-refractivity contribution is 0.101. The lowest BCUT2D eigenvalue weighted by Crippen LogP contribution is -2.15. The van der Waals surface area contributed by atoms with Gasteiger partial charge in [0.1, 0.15) is 11.6 Å². The molecule has 32 heavy (non-hydrogen) atoms. The summed E-state index contributed by atoms with van der Waals surface area (Å²) in [7, 11) is 0. The summed E-state index contributed by atoms with van der Waals surface area (Å²) in [5.74, 6) is 0.318. The molecule has 4 rings (SSSR count). The second kappa shape index (κ2) is 9.54. The van der Waals surface area contributed by atoms with Gasteiger partial charge in [-0.25, -0.2) is 9.07 Å². The zero-order valence-corrected chi connectivity index (χ0v) is 19.3. The fraction of sp³-hybridized carbons (Fsp3) is 0.136. The smallest absolute Gasteiger partial charge is 0.277 e. The molecule has 0 fully saturated rings. The average molecular weight is 519 g/mol. The first kappa shape index (κ1) is 22.0. The van der Waals surface area contributed by atoms with Crippen LogP contribution in [0.3, 0.4) is 0 Å². The quantitative estimate of drug-likeness (QED) is 0.361. The number of halogens is 3. The van der Waals surface area contributed by atoms with Gasteiger partial charge in [0.2, 0.25) is 0 Å². The summed E-state index contributed by atoms with van der Waals surface area (Å²) in [6, 6.07) is 13.1. The van der Waals surface area contributed by atoms with E-state index >= 15 is 0 Å². The molecule has 0 bridgehead atoms. The zero-order valence-electron chi connectivity index (χ0n) is 16.9. The molecule has 2 aromatic heterocycles. The van der Waals surface area contributed by atoms with Crippen molar-refractivity contribution in [1.82, 2.24) is 19.6 Å². The maximum Gasteiger partial charge on any atom is 0.277 e. The van der Waals surface area contributed by atoms with Crippen LogP contribution in [-0.2, 0) is 13.3 Å². The van der Waals surface area contributed by atoms with E-state index in [1.165, 1.54) is 16.8 Å². The van der Waals surface area contributed by atoms with E-state index in [2.05, 4.69) is 31.4 Å². The van der Waals surface area contributed by atoms with Crippen LogP contribution in [0.5, 0.6) is 5.75 Å². The van der Waals surface area contributed by atoms with Gasteiger partial charge in [-0.05, 0) is 70.4 Å². The molecule has 0 aliphatic heterocycles. The lowest BCUT2D eigenvalue weighted by atomic mass is 10.2. The monoisotopic (exact) mass is 517 g/mol. The number of anilines is 1. The second-order valence-electron chi connectivity index (χ2n) is 7.03. The first-order valence-corrected chi connectivity index (χ1v) is 10.8. The van der Waals surface area contributed by atoms with Crippen molar-refractivity contribution in [1.29, 1.82) is 0 Å². The number of carbonyl (C=O) groups excluding carboxylic acids is 1. The van der Waals surface area contributed by atoms with Gasteiger partial charge in [0.05, 0.1) is 11.0 Å². The summed E-state index contributed by atoms with van der Waals surface area (Å²) in [6.07, 6.45) is 3.39. The van der Waals surface area contributed by atoms with Crippen LogP contribution in [0.4, 0.5) is 10.2 Å². The lowest BCUT2D eigenvalue weighted by Gasteiger charge is -2.07. The highest BCUT2D eigenvalue weighted by Crippen LogP contribution is 2.22. The third-order valence-electron chi connectivity index (χ3n) is 4.57. The van der Waals surface area contributed by atoms with Crippen molar-refractivity contribution in [2.75, 3.05) is 5.32 Å². The molecule has 0 aliphatic rings. The van der Waals surface area contributed by atoms with Gasteiger partial charge in [0.15, 0.2) is 18.2 Å². The van der Waals surface area contributed by atoms with E-state index in [-0.39, 0.29) is 18.2 Å². The van der Waals surface area contributed by atoms with Crippen LogP contribution in [-0.4, -0.2) is 25.5 Å². The molecule has 0 radical (unpaired) electrons. The van der Waals surface area contributed by atoms with Crippen molar-refractivity contribution in [2.45, 2.75) is 20.2 Å². The summed E-state index contributed by atoms with van der Waals surface area (Å²) < 4.78 is 22.5. The number of benzene rings is 2. The van der Waals surface area contributed by atoms with Crippen LogP contribution in [0.2, 0.25) is 5.02 Å². The van der Waals surface area contributed by atoms with E-state index in [4.69, 9.17) is 16.3 Å². The van der Waals surface area contributed by atoms with E-state index in [0.717, 1.165) is 11.1 Å². The number of amides is 1. The molecule has 0 atom stereocenters. The summed E-state index contributed by atoms with van der Waals surface area (Å²) in [6.45, 7) is 2.47. The van der Waals surface area contributed by atoms with Crippen molar-refractivity contribution >= 4 is 39.3 Å². The minimum atomic E-state index is -0.404. The summed E-state index contributed by atoms with van der Waals surface area (Å²) in [5.41, 5.74) is 2.02. The topological polar surface area (TPSA) is 74.0 Å². The third-order valence-corrected chi connectivity index (χ3v) is 5.58. The van der Waals surface area contributed by atoms with E-state index in [1.807, 2.05) is 13.0 Å². The Labute approximate surface area is 196 Å². The van der Waals surface area contributed by atoms with Crippen molar-refractivity contribution < 1.29 is 13.9 Å². The number of aromatic nitrogens is 4. The minimum absolute atomic E-state index is 0.143. The largest absolute Gasteiger partial charge is 0.471 e. The van der Waals surface area contributed by atoms with Gasteiger partial charge in [-0.2, -0.15) is 10.2 Å². The van der Waals surface area contributed by atoms with Gasteiger partial charge < -0.3 is 10.1 Å². The summed E-state index contributed by atoms with van der Waals surface area (Å²) >= 11 is 9.42. The third kappa shape index (κ3) is 5.35. The van der Waals surface area contributed by atoms with Gasteiger partial charge in [-0.1, -0.05) is 23.7 Å². The first-order chi connectivity index (χ1) is 15.4. The SMILES string of the molecule is Cc1cc(OCn2ccc(C(=O)Nc3nn(Cc4ccc(F)cc4)cc3Br)n2)ccc1Cl. The maximum atomic E-state index is 13.1. The summed E-state index contributed by atoms with van der Waals surface area (Å²) in [5, 5.41) is 12.0. The first-order valence-electron chi connectivity index (χ1n) is 9.58. The molecule has 4 aromatic rings. The van der Waals surface area contributed by atoms with Crippen LogP contribution in [0.1, 0.15) is 21.6 Å².